The zero-order chi connectivity index (χ0) is 11.3. The van der Waals surface area contributed by atoms with Crippen molar-refractivity contribution in [2.24, 2.45) is 5.73 Å². The zero-order valence-electron chi connectivity index (χ0n) is 9.18. The molecule has 0 spiro atoms. The molecule has 1 aromatic rings. The van der Waals surface area contributed by atoms with Gasteiger partial charge in [0.2, 0.25) is 5.91 Å². The van der Waals surface area contributed by atoms with Crippen LogP contribution in [0.3, 0.4) is 0 Å². The third-order valence-electron chi connectivity index (χ3n) is 2.09. The maximum absolute atomic E-state index is 11.6. The lowest BCUT2D eigenvalue weighted by Gasteiger charge is -2.18. The van der Waals surface area contributed by atoms with Crippen LogP contribution in [0.4, 0.5) is 0 Å². The van der Waals surface area contributed by atoms with Gasteiger partial charge in [-0.15, -0.1) is 0 Å². The molecule has 1 atom stereocenters. The molecule has 15 heavy (non-hydrogen) atoms. The normalized spacial score (nSPS) is 12.2. The molecule has 2 N–H and O–H groups in total. The van der Waals surface area contributed by atoms with E-state index >= 15 is 0 Å². The van der Waals surface area contributed by atoms with E-state index in [-0.39, 0.29) is 11.9 Å². The van der Waals surface area contributed by atoms with Gasteiger partial charge in [-0.1, -0.05) is 0 Å². The first kappa shape index (κ1) is 11.7. The predicted octanol–water partition coefficient (Wildman–Crippen LogP) is 0.777. The Morgan fingerprint density at radius 2 is 2.13 bits per heavy atom. The van der Waals surface area contributed by atoms with Crippen molar-refractivity contribution in [3.63, 3.8) is 0 Å². The summed E-state index contributed by atoms with van der Waals surface area (Å²) in [5.74, 6) is 0.0711. The van der Waals surface area contributed by atoms with Crippen molar-refractivity contribution in [1.82, 2.24) is 9.88 Å². The third kappa shape index (κ3) is 4.08. The van der Waals surface area contributed by atoms with E-state index in [0.29, 0.717) is 13.0 Å². The number of hydrogen-bond donors (Lipinski definition) is 1. The highest BCUT2D eigenvalue weighted by Gasteiger charge is 2.10. The summed E-state index contributed by atoms with van der Waals surface area (Å²) in [5.41, 5.74) is 6.64. The second-order valence-electron chi connectivity index (χ2n) is 3.79. The van der Waals surface area contributed by atoms with Crippen molar-refractivity contribution in [1.29, 1.82) is 0 Å². The van der Waals surface area contributed by atoms with Crippen LogP contribution in [0.15, 0.2) is 24.5 Å². The van der Waals surface area contributed by atoms with Crippen molar-refractivity contribution < 1.29 is 4.79 Å². The van der Waals surface area contributed by atoms with E-state index in [1.807, 2.05) is 19.1 Å². The lowest BCUT2D eigenvalue weighted by molar-refractivity contribution is -0.130. The van der Waals surface area contributed by atoms with Crippen molar-refractivity contribution in [2.45, 2.75) is 25.9 Å². The molecule has 4 heteroatoms. The van der Waals surface area contributed by atoms with Gasteiger partial charge < -0.3 is 10.6 Å². The molecular formula is C11H17N3O. The third-order valence-corrected chi connectivity index (χ3v) is 2.09. The van der Waals surface area contributed by atoms with E-state index in [2.05, 4.69) is 4.98 Å². The molecule has 1 amide bonds. The lowest BCUT2D eigenvalue weighted by atomic mass is 10.2. The first-order valence-corrected chi connectivity index (χ1v) is 4.98. The maximum atomic E-state index is 11.6. The number of hydrogen-bond acceptors (Lipinski definition) is 3. The van der Waals surface area contributed by atoms with Crippen LogP contribution in [-0.4, -0.2) is 28.9 Å². The number of rotatable bonds is 4. The van der Waals surface area contributed by atoms with Crippen molar-refractivity contribution in [3.05, 3.63) is 30.1 Å². The van der Waals surface area contributed by atoms with E-state index in [9.17, 15) is 4.79 Å². The topological polar surface area (TPSA) is 59.2 Å². The number of aromatic nitrogens is 1. The molecule has 1 heterocycles. The molecular weight excluding hydrogens is 190 g/mol. The lowest BCUT2D eigenvalue weighted by Crippen LogP contribution is -2.31. The molecule has 0 saturated heterocycles. The van der Waals surface area contributed by atoms with Crippen LogP contribution in [-0.2, 0) is 11.3 Å². The van der Waals surface area contributed by atoms with E-state index in [0.717, 1.165) is 5.56 Å². The number of nitrogens with zero attached hydrogens (tertiary/aromatic N) is 2. The van der Waals surface area contributed by atoms with Crippen LogP contribution in [0.1, 0.15) is 18.9 Å². The fourth-order valence-electron chi connectivity index (χ4n) is 1.28. The molecule has 0 aliphatic heterocycles. The Morgan fingerprint density at radius 3 is 2.67 bits per heavy atom. The highest BCUT2D eigenvalue weighted by Crippen LogP contribution is 2.03. The van der Waals surface area contributed by atoms with Gasteiger partial charge in [0.1, 0.15) is 0 Å². The van der Waals surface area contributed by atoms with Gasteiger partial charge >= 0.3 is 0 Å². The Labute approximate surface area is 90.1 Å². The molecule has 0 radical (unpaired) electrons. The van der Waals surface area contributed by atoms with Crippen LogP contribution < -0.4 is 5.73 Å². The van der Waals surface area contributed by atoms with Gasteiger partial charge in [-0.2, -0.15) is 0 Å². The molecule has 4 nitrogen and oxygen atoms in total. The SMILES string of the molecule is CC(N)CC(=O)N(C)Cc1ccncc1. The number of amides is 1. The zero-order valence-corrected chi connectivity index (χ0v) is 9.18. The van der Waals surface area contributed by atoms with Crippen LogP contribution in [0.25, 0.3) is 0 Å². The number of carbonyl (C=O) groups excluding carboxylic acids is 1. The first-order valence-electron chi connectivity index (χ1n) is 4.98. The van der Waals surface area contributed by atoms with E-state index in [1.165, 1.54) is 0 Å². The minimum absolute atomic E-state index is 0.0711. The molecule has 0 saturated carbocycles. The minimum Gasteiger partial charge on any atom is -0.341 e. The quantitative estimate of drug-likeness (QED) is 0.793. The van der Waals surface area contributed by atoms with Crippen LogP contribution >= 0.6 is 0 Å². The standard InChI is InChI=1S/C11H17N3O/c1-9(12)7-11(15)14(2)8-10-3-5-13-6-4-10/h3-6,9H,7-8,12H2,1-2H3. The Bertz CT molecular complexity index is 311. The monoisotopic (exact) mass is 207 g/mol. The fraction of sp³-hybridized carbons (Fsp3) is 0.455. The highest BCUT2D eigenvalue weighted by atomic mass is 16.2. The van der Waals surface area contributed by atoms with Crippen LogP contribution in [0.2, 0.25) is 0 Å². The Balaban J connectivity index is 2.49. The second kappa shape index (κ2) is 5.46. The summed E-state index contributed by atoms with van der Waals surface area (Å²) < 4.78 is 0. The molecule has 1 rings (SSSR count). The Hall–Kier alpha value is -1.42. The Kier molecular flexibility index (Phi) is 4.24. The van der Waals surface area contributed by atoms with Gasteiger partial charge in [-0.25, -0.2) is 0 Å². The molecule has 0 fully saturated rings. The molecule has 1 aromatic heterocycles. The molecule has 0 aromatic carbocycles. The average Bonchev–Trinajstić information content (AvgIpc) is 2.18. The van der Waals surface area contributed by atoms with Gasteiger partial charge in [-0.3, -0.25) is 9.78 Å². The summed E-state index contributed by atoms with van der Waals surface area (Å²) in [6.07, 6.45) is 3.83. The van der Waals surface area contributed by atoms with Gasteiger partial charge in [0.15, 0.2) is 0 Å². The summed E-state index contributed by atoms with van der Waals surface area (Å²) >= 11 is 0. The summed E-state index contributed by atoms with van der Waals surface area (Å²) in [5, 5.41) is 0. The van der Waals surface area contributed by atoms with Crippen molar-refractivity contribution in [2.75, 3.05) is 7.05 Å². The fourth-order valence-corrected chi connectivity index (χ4v) is 1.28. The largest absolute Gasteiger partial charge is 0.341 e. The molecule has 0 bridgehead atoms. The van der Waals surface area contributed by atoms with E-state index < -0.39 is 0 Å². The van der Waals surface area contributed by atoms with Gasteiger partial charge in [0.25, 0.3) is 0 Å². The van der Waals surface area contributed by atoms with E-state index in [1.54, 1.807) is 24.3 Å². The minimum atomic E-state index is -0.0857. The molecule has 0 aliphatic rings. The second-order valence-corrected chi connectivity index (χ2v) is 3.79. The van der Waals surface area contributed by atoms with Gasteiger partial charge in [0, 0.05) is 38.4 Å². The predicted molar refractivity (Wildman–Crippen MR) is 59.0 cm³/mol. The highest BCUT2D eigenvalue weighted by molar-refractivity contribution is 5.76. The molecule has 0 aliphatic carbocycles. The summed E-state index contributed by atoms with van der Waals surface area (Å²) in [7, 11) is 1.78. The van der Waals surface area contributed by atoms with Gasteiger partial charge in [0.05, 0.1) is 0 Å². The number of pyridine rings is 1. The van der Waals surface area contributed by atoms with Crippen LogP contribution in [0, 0.1) is 0 Å². The van der Waals surface area contributed by atoms with Crippen LogP contribution in [0.5, 0.6) is 0 Å². The maximum Gasteiger partial charge on any atom is 0.224 e. The smallest absolute Gasteiger partial charge is 0.224 e. The summed E-state index contributed by atoms with van der Waals surface area (Å²) in [6, 6.07) is 3.71. The molecule has 1 unspecified atom stereocenters. The van der Waals surface area contributed by atoms with Crippen molar-refractivity contribution >= 4 is 5.91 Å². The number of nitrogens with two attached hydrogens (primary N) is 1. The summed E-state index contributed by atoms with van der Waals surface area (Å²) in [6.45, 7) is 2.44. The molecule has 82 valence electrons. The average molecular weight is 207 g/mol. The first-order chi connectivity index (χ1) is 7.09. The number of carbonyl (C=O) groups is 1. The summed E-state index contributed by atoms with van der Waals surface area (Å²) in [4.78, 5) is 17.2. The van der Waals surface area contributed by atoms with Crippen molar-refractivity contribution in [3.8, 4) is 0 Å². The van der Waals surface area contributed by atoms with Gasteiger partial charge in [-0.05, 0) is 24.6 Å². The Morgan fingerprint density at radius 1 is 1.53 bits per heavy atom. The van der Waals surface area contributed by atoms with E-state index in [4.69, 9.17) is 5.73 Å².